The largest absolute Gasteiger partial charge is 0.330 e. The molecule has 0 saturated heterocycles. The van der Waals surface area contributed by atoms with Gasteiger partial charge in [-0.15, -0.1) is 11.8 Å². The quantitative estimate of drug-likeness (QED) is 0.820. The topological polar surface area (TPSA) is 26.0 Å². The van der Waals surface area contributed by atoms with Crippen LogP contribution in [0, 0.1) is 0 Å². The lowest BCUT2D eigenvalue weighted by Crippen LogP contribution is -2.02. The molecule has 2 rings (SSSR count). The molecule has 0 atom stereocenters. The van der Waals surface area contributed by atoms with Crippen LogP contribution in [0.4, 0.5) is 0 Å². The summed E-state index contributed by atoms with van der Waals surface area (Å²) in [4.78, 5) is 1.33. The van der Waals surface area contributed by atoms with Crippen LogP contribution >= 0.6 is 11.8 Å². The van der Waals surface area contributed by atoms with Crippen molar-refractivity contribution < 1.29 is 0 Å². The van der Waals surface area contributed by atoms with E-state index < -0.39 is 0 Å². The Labute approximate surface area is 113 Å². The zero-order chi connectivity index (χ0) is 12.8. The van der Waals surface area contributed by atoms with Crippen molar-refractivity contribution in [1.29, 1.82) is 0 Å². The summed E-state index contributed by atoms with van der Waals surface area (Å²) >= 11 is 1.87. The lowest BCUT2D eigenvalue weighted by molar-refractivity contribution is 0.969. The average molecular weight is 257 g/mol. The van der Waals surface area contributed by atoms with E-state index in [-0.39, 0.29) is 0 Å². The molecule has 0 radical (unpaired) electrons. The predicted molar refractivity (Wildman–Crippen MR) is 81.0 cm³/mol. The first kappa shape index (κ1) is 13.2. The molecule has 0 spiro atoms. The fraction of sp³-hybridized carbons (Fsp3) is 0.250. The highest BCUT2D eigenvalue weighted by atomic mass is 32.2. The third-order valence-electron chi connectivity index (χ3n) is 2.86. The van der Waals surface area contributed by atoms with Gasteiger partial charge in [-0.05, 0) is 47.5 Å². The first-order valence-electron chi connectivity index (χ1n) is 6.35. The van der Waals surface area contributed by atoms with E-state index in [1.807, 2.05) is 11.8 Å². The molecule has 94 valence electrons. The molecule has 2 aromatic rings. The van der Waals surface area contributed by atoms with Crippen molar-refractivity contribution >= 4 is 11.8 Å². The Morgan fingerprint density at radius 3 is 2.44 bits per heavy atom. The van der Waals surface area contributed by atoms with Crippen molar-refractivity contribution in [1.82, 2.24) is 0 Å². The van der Waals surface area contributed by atoms with Crippen LogP contribution in [0.5, 0.6) is 0 Å². The zero-order valence-corrected chi connectivity index (χ0v) is 11.5. The molecule has 0 fully saturated rings. The van der Waals surface area contributed by atoms with E-state index in [1.165, 1.54) is 21.6 Å². The van der Waals surface area contributed by atoms with Gasteiger partial charge in [0, 0.05) is 4.90 Å². The van der Waals surface area contributed by atoms with Gasteiger partial charge in [0.15, 0.2) is 0 Å². The van der Waals surface area contributed by atoms with Gasteiger partial charge in [-0.1, -0.05) is 43.3 Å². The van der Waals surface area contributed by atoms with Crippen molar-refractivity contribution in [2.45, 2.75) is 18.2 Å². The highest BCUT2D eigenvalue weighted by Gasteiger charge is 1.99. The van der Waals surface area contributed by atoms with E-state index >= 15 is 0 Å². The Hall–Kier alpha value is -1.25. The monoisotopic (exact) mass is 257 g/mol. The van der Waals surface area contributed by atoms with Crippen LogP contribution in [0.15, 0.2) is 53.4 Å². The second-order valence-electron chi connectivity index (χ2n) is 4.20. The minimum absolute atomic E-state index is 0.704. The summed E-state index contributed by atoms with van der Waals surface area (Å²) in [5, 5.41) is 0. The predicted octanol–water partition coefficient (Wildman–Crippen LogP) is 3.97. The third-order valence-corrected chi connectivity index (χ3v) is 3.75. The average Bonchev–Trinajstić information content (AvgIpc) is 2.41. The van der Waals surface area contributed by atoms with E-state index in [4.69, 9.17) is 5.73 Å². The van der Waals surface area contributed by atoms with Gasteiger partial charge in [0.1, 0.15) is 0 Å². The number of rotatable bonds is 5. The Bertz CT molecular complexity index is 491. The van der Waals surface area contributed by atoms with Crippen LogP contribution in [0.3, 0.4) is 0 Å². The third kappa shape index (κ3) is 3.37. The molecular weight excluding hydrogens is 238 g/mol. The van der Waals surface area contributed by atoms with E-state index in [9.17, 15) is 0 Å². The maximum Gasteiger partial charge on any atom is 0.00722 e. The molecule has 1 nitrogen and oxygen atoms in total. The fourth-order valence-corrected chi connectivity index (χ4v) is 2.65. The van der Waals surface area contributed by atoms with Crippen molar-refractivity contribution in [2.75, 3.05) is 12.3 Å². The van der Waals surface area contributed by atoms with Crippen molar-refractivity contribution in [3.05, 3.63) is 54.1 Å². The van der Waals surface area contributed by atoms with Crippen molar-refractivity contribution in [3.63, 3.8) is 0 Å². The minimum atomic E-state index is 0.704. The van der Waals surface area contributed by atoms with E-state index in [2.05, 4.69) is 55.5 Å². The van der Waals surface area contributed by atoms with E-state index in [0.717, 1.165) is 12.2 Å². The van der Waals surface area contributed by atoms with Gasteiger partial charge in [0.25, 0.3) is 0 Å². The molecule has 0 unspecified atom stereocenters. The number of benzene rings is 2. The summed E-state index contributed by atoms with van der Waals surface area (Å²) in [7, 11) is 0. The molecular formula is C16H19NS. The zero-order valence-electron chi connectivity index (χ0n) is 10.7. The van der Waals surface area contributed by atoms with E-state index in [0.29, 0.717) is 6.54 Å². The summed E-state index contributed by atoms with van der Waals surface area (Å²) in [6, 6.07) is 17.4. The second-order valence-corrected chi connectivity index (χ2v) is 5.53. The van der Waals surface area contributed by atoms with Gasteiger partial charge in [-0.3, -0.25) is 0 Å². The summed E-state index contributed by atoms with van der Waals surface area (Å²) in [6.45, 7) is 2.88. The van der Waals surface area contributed by atoms with Gasteiger partial charge < -0.3 is 5.73 Å². The Balaban J connectivity index is 2.22. The smallest absolute Gasteiger partial charge is 0.00722 e. The molecule has 0 aliphatic rings. The SMILES string of the molecule is CCSc1ccc(-c2cccc(CCN)c2)cc1. The minimum Gasteiger partial charge on any atom is -0.330 e. The molecule has 0 bridgehead atoms. The van der Waals surface area contributed by atoms with Crippen LogP contribution in [-0.4, -0.2) is 12.3 Å². The number of thioether (sulfide) groups is 1. The van der Waals surface area contributed by atoms with Gasteiger partial charge in [0.05, 0.1) is 0 Å². The van der Waals surface area contributed by atoms with Crippen LogP contribution < -0.4 is 5.73 Å². The van der Waals surface area contributed by atoms with Gasteiger partial charge >= 0.3 is 0 Å². The highest BCUT2D eigenvalue weighted by molar-refractivity contribution is 7.99. The molecule has 0 amide bonds. The number of hydrogen-bond acceptors (Lipinski definition) is 2. The van der Waals surface area contributed by atoms with Crippen LogP contribution in [-0.2, 0) is 6.42 Å². The molecule has 2 heteroatoms. The summed E-state index contributed by atoms with van der Waals surface area (Å²) in [6.07, 6.45) is 0.942. The second kappa shape index (κ2) is 6.62. The molecule has 18 heavy (non-hydrogen) atoms. The van der Waals surface area contributed by atoms with Crippen molar-refractivity contribution in [2.24, 2.45) is 5.73 Å². The van der Waals surface area contributed by atoms with E-state index in [1.54, 1.807) is 0 Å². The normalized spacial score (nSPS) is 10.6. The summed E-state index contributed by atoms with van der Waals surface area (Å²) < 4.78 is 0. The molecule has 0 heterocycles. The van der Waals surface area contributed by atoms with Crippen LogP contribution in [0.2, 0.25) is 0 Å². The molecule has 2 N–H and O–H groups in total. The standard InChI is InChI=1S/C16H19NS/c1-2-18-16-8-6-14(7-9-16)15-5-3-4-13(12-15)10-11-17/h3-9,12H,2,10-11,17H2,1H3. The highest BCUT2D eigenvalue weighted by Crippen LogP contribution is 2.24. The first-order chi connectivity index (χ1) is 8.83. The Morgan fingerprint density at radius 1 is 1.00 bits per heavy atom. The number of nitrogens with two attached hydrogens (primary N) is 1. The van der Waals surface area contributed by atoms with Crippen LogP contribution in [0.25, 0.3) is 11.1 Å². The first-order valence-corrected chi connectivity index (χ1v) is 7.34. The summed E-state index contributed by atoms with van der Waals surface area (Å²) in [5.74, 6) is 1.12. The summed E-state index contributed by atoms with van der Waals surface area (Å²) in [5.41, 5.74) is 9.45. The molecule has 0 saturated carbocycles. The van der Waals surface area contributed by atoms with Gasteiger partial charge in [-0.25, -0.2) is 0 Å². The molecule has 2 aromatic carbocycles. The lowest BCUT2D eigenvalue weighted by Gasteiger charge is -2.06. The lowest BCUT2D eigenvalue weighted by atomic mass is 10.0. The van der Waals surface area contributed by atoms with Gasteiger partial charge in [-0.2, -0.15) is 0 Å². The Kier molecular flexibility index (Phi) is 4.85. The number of hydrogen-bond donors (Lipinski definition) is 1. The molecule has 0 aliphatic heterocycles. The van der Waals surface area contributed by atoms with Crippen molar-refractivity contribution in [3.8, 4) is 11.1 Å². The fourth-order valence-electron chi connectivity index (χ4n) is 1.98. The maximum atomic E-state index is 5.60. The maximum absolute atomic E-state index is 5.60. The molecule has 0 aromatic heterocycles. The van der Waals surface area contributed by atoms with Crippen LogP contribution in [0.1, 0.15) is 12.5 Å². The molecule has 0 aliphatic carbocycles. The van der Waals surface area contributed by atoms with Gasteiger partial charge in [0.2, 0.25) is 0 Å². The Morgan fingerprint density at radius 2 is 1.78 bits per heavy atom.